The van der Waals surface area contributed by atoms with Crippen molar-refractivity contribution in [2.24, 2.45) is 7.05 Å². The monoisotopic (exact) mass is 404 g/mol. The number of aryl methyl sites for hydroxylation is 3. The van der Waals surface area contributed by atoms with Gasteiger partial charge in [-0.2, -0.15) is 5.10 Å². The molecule has 0 atom stereocenters. The van der Waals surface area contributed by atoms with E-state index in [1.807, 2.05) is 19.9 Å². The number of hydrogen-bond acceptors (Lipinski definition) is 6. The molecule has 0 saturated carbocycles. The number of fused-ring (bicyclic) bond motifs is 2. The number of ether oxygens (including phenoxy) is 1. The number of carbonyl (C=O) groups is 1. The number of nitrogens with zero attached hydrogens (tertiary/aromatic N) is 2. The zero-order valence-electron chi connectivity index (χ0n) is 16.9. The van der Waals surface area contributed by atoms with E-state index >= 15 is 0 Å². The molecule has 0 radical (unpaired) electrons. The first-order valence-corrected chi connectivity index (χ1v) is 9.48. The Morgan fingerprint density at radius 3 is 2.50 bits per heavy atom. The van der Waals surface area contributed by atoms with E-state index < -0.39 is 11.6 Å². The van der Waals surface area contributed by atoms with E-state index in [0.717, 1.165) is 16.5 Å². The molecule has 0 unspecified atom stereocenters. The number of hydrogen-bond donors (Lipinski definition) is 0. The SMILES string of the molecule is Cc1cc2oc(=O)cc(COC(=O)Cc3nn(C)c(=O)c4ccccc34)c2cc1C. The molecule has 0 amide bonds. The summed E-state index contributed by atoms with van der Waals surface area (Å²) in [5.74, 6) is -0.503. The van der Waals surface area contributed by atoms with E-state index in [0.29, 0.717) is 27.6 Å². The lowest BCUT2D eigenvalue weighted by Gasteiger charge is -2.10. The van der Waals surface area contributed by atoms with Crippen LogP contribution in [0, 0.1) is 13.8 Å². The van der Waals surface area contributed by atoms with E-state index in [9.17, 15) is 14.4 Å². The lowest BCUT2D eigenvalue weighted by molar-refractivity contribution is -0.144. The van der Waals surface area contributed by atoms with Crippen LogP contribution in [0.2, 0.25) is 0 Å². The van der Waals surface area contributed by atoms with E-state index in [4.69, 9.17) is 9.15 Å². The summed E-state index contributed by atoms with van der Waals surface area (Å²) in [5.41, 5.74) is 2.83. The number of aromatic nitrogens is 2. The molecular weight excluding hydrogens is 384 g/mol. The zero-order chi connectivity index (χ0) is 21.4. The normalized spacial score (nSPS) is 11.2. The van der Waals surface area contributed by atoms with E-state index in [2.05, 4.69) is 5.10 Å². The summed E-state index contributed by atoms with van der Waals surface area (Å²) in [5, 5.41) is 6.07. The Morgan fingerprint density at radius 2 is 1.73 bits per heavy atom. The van der Waals surface area contributed by atoms with Crippen LogP contribution in [0.1, 0.15) is 22.4 Å². The molecule has 0 aliphatic heterocycles. The third-order valence-corrected chi connectivity index (χ3v) is 5.18. The van der Waals surface area contributed by atoms with Gasteiger partial charge in [0.05, 0.1) is 17.5 Å². The van der Waals surface area contributed by atoms with Gasteiger partial charge in [0, 0.05) is 29.4 Å². The summed E-state index contributed by atoms with van der Waals surface area (Å²) in [4.78, 5) is 36.6. The van der Waals surface area contributed by atoms with Gasteiger partial charge in [-0.05, 0) is 43.2 Å². The van der Waals surface area contributed by atoms with Crippen LogP contribution in [0.3, 0.4) is 0 Å². The second kappa shape index (κ2) is 7.59. The highest BCUT2D eigenvalue weighted by atomic mass is 16.5. The van der Waals surface area contributed by atoms with Crippen LogP contribution >= 0.6 is 0 Å². The minimum atomic E-state index is -0.503. The molecule has 0 fully saturated rings. The summed E-state index contributed by atoms with van der Waals surface area (Å²) in [6, 6.07) is 12.1. The first-order valence-electron chi connectivity index (χ1n) is 9.48. The molecule has 2 aromatic carbocycles. The average Bonchev–Trinajstić information content (AvgIpc) is 2.71. The van der Waals surface area contributed by atoms with E-state index in [-0.39, 0.29) is 18.6 Å². The van der Waals surface area contributed by atoms with Gasteiger partial charge in [-0.15, -0.1) is 0 Å². The van der Waals surface area contributed by atoms with Gasteiger partial charge in [0.1, 0.15) is 12.2 Å². The van der Waals surface area contributed by atoms with Crippen molar-refractivity contribution in [1.82, 2.24) is 9.78 Å². The highest BCUT2D eigenvalue weighted by Gasteiger charge is 2.15. The maximum Gasteiger partial charge on any atom is 0.336 e. The number of carbonyl (C=O) groups excluding carboxylic acids is 1. The van der Waals surface area contributed by atoms with Gasteiger partial charge in [0.25, 0.3) is 5.56 Å². The molecule has 0 aliphatic carbocycles. The van der Waals surface area contributed by atoms with Crippen molar-refractivity contribution in [1.29, 1.82) is 0 Å². The van der Waals surface area contributed by atoms with Gasteiger partial charge in [0.15, 0.2) is 0 Å². The second-order valence-corrected chi connectivity index (χ2v) is 7.28. The molecule has 7 nitrogen and oxygen atoms in total. The molecule has 0 saturated heterocycles. The topological polar surface area (TPSA) is 91.4 Å². The Balaban J connectivity index is 1.60. The summed E-state index contributed by atoms with van der Waals surface area (Å²) in [6.45, 7) is 3.84. The summed E-state index contributed by atoms with van der Waals surface area (Å²) in [7, 11) is 1.54. The zero-order valence-corrected chi connectivity index (χ0v) is 16.9. The van der Waals surface area contributed by atoms with Gasteiger partial charge >= 0.3 is 11.6 Å². The van der Waals surface area contributed by atoms with Crippen molar-refractivity contribution < 1.29 is 13.9 Å². The average molecular weight is 404 g/mol. The van der Waals surface area contributed by atoms with Gasteiger partial charge in [-0.25, -0.2) is 9.48 Å². The Bertz CT molecular complexity index is 1420. The smallest absolute Gasteiger partial charge is 0.336 e. The fourth-order valence-electron chi connectivity index (χ4n) is 3.45. The number of benzene rings is 2. The van der Waals surface area contributed by atoms with Crippen molar-refractivity contribution in [3.8, 4) is 0 Å². The van der Waals surface area contributed by atoms with Crippen LogP contribution in [0.4, 0.5) is 0 Å². The van der Waals surface area contributed by atoms with Crippen LogP contribution in [0.25, 0.3) is 21.7 Å². The van der Waals surface area contributed by atoms with Crippen molar-refractivity contribution in [3.05, 3.63) is 85.6 Å². The molecule has 4 rings (SSSR count). The van der Waals surface area contributed by atoms with Gasteiger partial charge in [-0.1, -0.05) is 18.2 Å². The third-order valence-electron chi connectivity index (χ3n) is 5.18. The summed E-state index contributed by atoms with van der Waals surface area (Å²) >= 11 is 0. The van der Waals surface area contributed by atoms with Crippen LogP contribution < -0.4 is 11.2 Å². The molecule has 152 valence electrons. The fraction of sp³-hybridized carbons (Fsp3) is 0.217. The first-order chi connectivity index (χ1) is 14.3. The predicted molar refractivity (Wildman–Crippen MR) is 112 cm³/mol. The van der Waals surface area contributed by atoms with Crippen LogP contribution in [-0.2, 0) is 29.6 Å². The van der Waals surface area contributed by atoms with Crippen molar-refractivity contribution in [3.63, 3.8) is 0 Å². The van der Waals surface area contributed by atoms with Crippen LogP contribution in [-0.4, -0.2) is 15.7 Å². The predicted octanol–water partition coefficient (Wildman–Crippen LogP) is 2.94. The largest absolute Gasteiger partial charge is 0.460 e. The minimum absolute atomic E-state index is 0.0624. The van der Waals surface area contributed by atoms with Gasteiger partial charge < -0.3 is 9.15 Å². The van der Waals surface area contributed by atoms with Crippen LogP contribution in [0.15, 0.2) is 56.5 Å². The van der Waals surface area contributed by atoms with Crippen molar-refractivity contribution in [2.45, 2.75) is 26.9 Å². The molecule has 30 heavy (non-hydrogen) atoms. The minimum Gasteiger partial charge on any atom is -0.460 e. The van der Waals surface area contributed by atoms with Gasteiger partial charge in [0.2, 0.25) is 0 Å². The fourth-order valence-corrected chi connectivity index (χ4v) is 3.45. The molecule has 7 heteroatoms. The molecule has 0 aliphatic rings. The summed E-state index contributed by atoms with van der Waals surface area (Å²) < 4.78 is 11.9. The van der Waals surface area contributed by atoms with Crippen molar-refractivity contribution >= 4 is 27.7 Å². The van der Waals surface area contributed by atoms with Crippen LogP contribution in [0.5, 0.6) is 0 Å². The Kier molecular flexibility index (Phi) is 4.95. The number of esters is 1. The Morgan fingerprint density at radius 1 is 1.03 bits per heavy atom. The molecule has 0 bridgehead atoms. The first kappa shape index (κ1) is 19.6. The van der Waals surface area contributed by atoms with Crippen molar-refractivity contribution in [2.75, 3.05) is 0 Å². The Labute approximate surface area is 171 Å². The standard InChI is InChI=1S/C23H20N2O5/c1-13-8-18-15(10-22(27)30-20(18)9-14(13)2)12-29-21(26)11-19-16-6-4-5-7-17(16)23(28)25(3)24-19/h4-10H,11-12H2,1-3H3. The Hall–Kier alpha value is -3.74. The molecule has 2 aromatic heterocycles. The highest BCUT2D eigenvalue weighted by molar-refractivity contribution is 5.87. The van der Waals surface area contributed by atoms with Gasteiger partial charge in [-0.3, -0.25) is 9.59 Å². The molecule has 0 N–H and O–H groups in total. The summed E-state index contributed by atoms with van der Waals surface area (Å²) in [6.07, 6.45) is -0.0911. The lowest BCUT2D eigenvalue weighted by atomic mass is 10.0. The quantitative estimate of drug-likeness (QED) is 0.384. The van der Waals surface area contributed by atoms with E-state index in [1.165, 1.54) is 10.7 Å². The molecule has 0 spiro atoms. The molecular formula is C23H20N2O5. The molecule has 2 heterocycles. The lowest BCUT2D eigenvalue weighted by Crippen LogP contribution is -2.23. The number of rotatable bonds is 4. The maximum atomic E-state index is 12.5. The second-order valence-electron chi connectivity index (χ2n) is 7.28. The maximum absolute atomic E-state index is 12.5. The molecule has 4 aromatic rings. The highest BCUT2D eigenvalue weighted by Crippen LogP contribution is 2.22. The van der Waals surface area contributed by atoms with E-state index in [1.54, 1.807) is 37.4 Å². The third kappa shape index (κ3) is 3.61.